The quantitative estimate of drug-likeness (QED) is 0.499. The zero-order chi connectivity index (χ0) is 20.4. The Labute approximate surface area is 157 Å². The van der Waals surface area contributed by atoms with E-state index in [4.69, 9.17) is 13.9 Å². The van der Waals surface area contributed by atoms with Crippen molar-refractivity contribution in [2.75, 3.05) is 6.54 Å². The number of esters is 1. The van der Waals surface area contributed by atoms with Crippen LogP contribution in [0.5, 0.6) is 5.75 Å². The van der Waals surface area contributed by atoms with Crippen LogP contribution in [-0.2, 0) is 9.53 Å². The van der Waals surface area contributed by atoms with Crippen LogP contribution in [0.1, 0.15) is 43.9 Å². The van der Waals surface area contributed by atoms with E-state index in [-0.39, 0.29) is 13.0 Å². The molecule has 0 aliphatic carbocycles. The lowest BCUT2D eigenvalue weighted by Gasteiger charge is -2.19. The number of alkyl carbamates (subject to hydrolysis) is 1. The predicted molar refractivity (Wildman–Crippen MR) is 101 cm³/mol. The lowest BCUT2D eigenvalue weighted by molar-refractivity contribution is -0.134. The van der Waals surface area contributed by atoms with Crippen LogP contribution in [0.4, 0.5) is 4.79 Å². The third kappa shape index (κ3) is 5.09. The van der Waals surface area contributed by atoms with Crippen molar-refractivity contribution in [2.45, 2.75) is 53.6 Å². The molecule has 2 rings (SSSR count). The molecule has 0 fully saturated rings. The fourth-order valence-corrected chi connectivity index (χ4v) is 2.49. The molecule has 0 atom stereocenters. The monoisotopic (exact) mass is 375 g/mol. The van der Waals surface area contributed by atoms with E-state index >= 15 is 0 Å². The molecule has 0 aliphatic rings. The first kappa shape index (κ1) is 20.5. The molecule has 146 valence electrons. The molecule has 1 aromatic carbocycles. The Hall–Kier alpha value is -2.83. The van der Waals surface area contributed by atoms with E-state index < -0.39 is 23.3 Å². The Morgan fingerprint density at radius 1 is 1.07 bits per heavy atom. The van der Waals surface area contributed by atoms with E-state index in [1.807, 2.05) is 6.92 Å². The van der Waals surface area contributed by atoms with E-state index in [0.29, 0.717) is 22.5 Å². The number of amides is 1. The average molecular weight is 375 g/mol. The summed E-state index contributed by atoms with van der Waals surface area (Å²) in [6, 6.07) is 3.43. The molecule has 0 radical (unpaired) electrons. The average Bonchev–Trinajstić information content (AvgIpc) is 2.54. The topological polar surface area (TPSA) is 94.8 Å². The second-order valence-electron chi connectivity index (χ2n) is 7.36. The predicted octanol–water partition coefficient (Wildman–Crippen LogP) is 3.54. The SMILES string of the molecule is Cc1c(C)c2ccc(OC(=O)CCNC(=O)OC(C)(C)C)c(C)c2oc1=O. The minimum Gasteiger partial charge on any atom is -0.444 e. The van der Waals surface area contributed by atoms with Crippen molar-refractivity contribution in [3.8, 4) is 5.75 Å². The number of rotatable bonds is 4. The Morgan fingerprint density at radius 3 is 2.37 bits per heavy atom. The number of nitrogens with one attached hydrogen (secondary N) is 1. The highest BCUT2D eigenvalue weighted by atomic mass is 16.6. The van der Waals surface area contributed by atoms with Gasteiger partial charge in [0.2, 0.25) is 0 Å². The van der Waals surface area contributed by atoms with E-state index in [1.165, 1.54) is 0 Å². The maximum absolute atomic E-state index is 12.0. The number of hydrogen-bond acceptors (Lipinski definition) is 6. The van der Waals surface area contributed by atoms with Crippen molar-refractivity contribution < 1.29 is 23.5 Å². The van der Waals surface area contributed by atoms with Crippen LogP contribution in [0.2, 0.25) is 0 Å². The summed E-state index contributed by atoms with van der Waals surface area (Å²) in [5.74, 6) is -0.198. The van der Waals surface area contributed by atoms with Gasteiger partial charge in [0.05, 0.1) is 6.42 Å². The molecule has 1 aromatic heterocycles. The van der Waals surface area contributed by atoms with Gasteiger partial charge in [-0.25, -0.2) is 9.59 Å². The number of carbonyl (C=O) groups excluding carboxylic acids is 2. The smallest absolute Gasteiger partial charge is 0.407 e. The number of hydrogen-bond donors (Lipinski definition) is 1. The summed E-state index contributed by atoms with van der Waals surface area (Å²) in [5, 5.41) is 3.30. The maximum Gasteiger partial charge on any atom is 0.407 e. The van der Waals surface area contributed by atoms with Crippen LogP contribution in [0.25, 0.3) is 11.0 Å². The van der Waals surface area contributed by atoms with Crippen molar-refractivity contribution in [3.63, 3.8) is 0 Å². The Bertz CT molecular complexity index is 936. The zero-order valence-corrected chi connectivity index (χ0v) is 16.5. The number of ether oxygens (including phenoxy) is 2. The van der Waals surface area contributed by atoms with Gasteiger partial charge < -0.3 is 19.2 Å². The van der Waals surface area contributed by atoms with Gasteiger partial charge in [0, 0.05) is 23.1 Å². The van der Waals surface area contributed by atoms with Gasteiger partial charge in [0.1, 0.15) is 16.9 Å². The number of carbonyl (C=O) groups is 2. The summed E-state index contributed by atoms with van der Waals surface area (Å²) in [6.45, 7) is 10.6. The summed E-state index contributed by atoms with van der Waals surface area (Å²) in [5.41, 5.74) is 1.35. The minimum absolute atomic E-state index is 0.0202. The minimum atomic E-state index is -0.604. The second kappa shape index (κ2) is 7.82. The molecule has 2 aromatic rings. The molecule has 7 nitrogen and oxygen atoms in total. The highest BCUT2D eigenvalue weighted by molar-refractivity contribution is 5.86. The molecule has 0 aliphatic heterocycles. The summed E-state index contributed by atoms with van der Waals surface area (Å²) in [6.07, 6.45) is -0.613. The molecule has 0 unspecified atom stereocenters. The first-order valence-electron chi connectivity index (χ1n) is 8.70. The Morgan fingerprint density at radius 2 is 1.74 bits per heavy atom. The normalized spacial score (nSPS) is 11.3. The largest absolute Gasteiger partial charge is 0.444 e. The van der Waals surface area contributed by atoms with Gasteiger partial charge in [-0.05, 0) is 59.2 Å². The lowest BCUT2D eigenvalue weighted by Crippen LogP contribution is -2.34. The number of benzene rings is 1. The summed E-state index contributed by atoms with van der Waals surface area (Å²) >= 11 is 0. The van der Waals surface area contributed by atoms with Crippen LogP contribution in [0.15, 0.2) is 21.3 Å². The molecule has 1 heterocycles. The van der Waals surface area contributed by atoms with Gasteiger partial charge in [0.25, 0.3) is 0 Å². The van der Waals surface area contributed by atoms with Crippen molar-refractivity contribution in [3.05, 3.63) is 39.2 Å². The fraction of sp³-hybridized carbons (Fsp3) is 0.450. The van der Waals surface area contributed by atoms with E-state index in [9.17, 15) is 14.4 Å². The molecule has 0 spiro atoms. The van der Waals surface area contributed by atoms with Crippen LogP contribution >= 0.6 is 0 Å². The van der Waals surface area contributed by atoms with Crippen LogP contribution in [-0.4, -0.2) is 24.2 Å². The zero-order valence-electron chi connectivity index (χ0n) is 16.5. The van der Waals surface area contributed by atoms with Gasteiger partial charge in [-0.15, -0.1) is 0 Å². The van der Waals surface area contributed by atoms with Crippen LogP contribution < -0.4 is 15.7 Å². The molecule has 27 heavy (non-hydrogen) atoms. The fourth-order valence-electron chi connectivity index (χ4n) is 2.49. The lowest BCUT2D eigenvalue weighted by atomic mass is 10.0. The summed E-state index contributed by atoms with van der Waals surface area (Å²) in [4.78, 5) is 35.5. The third-order valence-electron chi connectivity index (χ3n) is 4.04. The Balaban J connectivity index is 2.05. The van der Waals surface area contributed by atoms with Crippen LogP contribution in [0, 0.1) is 20.8 Å². The summed E-state index contributed by atoms with van der Waals surface area (Å²) in [7, 11) is 0. The summed E-state index contributed by atoms with van der Waals surface area (Å²) < 4.78 is 15.8. The van der Waals surface area contributed by atoms with Crippen molar-refractivity contribution in [1.82, 2.24) is 5.32 Å². The molecular formula is C20H25NO6. The van der Waals surface area contributed by atoms with Crippen molar-refractivity contribution >= 4 is 23.0 Å². The van der Waals surface area contributed by atoms with Crippen molar-refractivity contribution in [1.29, 1.82) is 0 Å². The van der Waals surface area contributed by atoms with Gasteiger partial charge in [0.15, 0.2) is 0 Å². The highest BCUT2D eigenvalue weighted by Crippen LogP contribution is 2.29. The number of aryl methyl sites for hydroxylation is 2. The highest BCUT2D eigenvalue weighted by Gasteiger charge is 2.17. The number of fused-ring (bicyclic) bond motifs is 1. The molecule has 0 bridgehead atoms. The standard InChI is InChI=1S/C20H25NO6/c1-11-12(2)18(23)26-17-13(3)15(8-7-14(11)17)25-16(22)9-10-21-19(24)27-20(4,5)6/h7-8H,9-10H2,1-6H3,(H,21,24). The Kier molecular flexibility index (Phi) is 5.93. The van der Waals surface area contributed by atoms with Crippen molar-refractivity contribution in [2.24, 2.45) is 0 Å². The molecule has 1 amide bonds. The molecule has 7 heteroatoms. The molecule has 0 saturated heterocycles. The van der Waals surface area contributed by atoms with E-state index in [1.54, 1.807) is 46.8 Å². The van der Waals surface area contributed by atoms with Gasteiger partial charge in [-0.1, -0.05) is 0 Å². The molecule has 0 saturated carbocycles. The van der Waals surface area contributed by atoms with Gasteiger partial charge in [-0.3, -0.25) is 4.79 Å². The van der Waals surface area contributed by atoms with Crippen LogP contribution in [0.3, 0.4) is 0 Å². The van der Waals surface area contributed by atoms with Gasteiger partial charge in [-0.2, -0.15) is 0 Å². The van der Waals surface area contributed by atoms with E-state index in [0.717, 1.165) is 10.9 Å². The van der Waals surface area contributed by atoms with Gasteiger partial charge >= 0.3 is 17.7 Å². The van der Waals surface area contributed by atoms with E-state index in [2.05, 4.69) is 5.32 Å². The first-order valence-corrected chi connectivity index (χ1v) is 8.70. The second-order valence-corrected chi connectivity index (χ2v) is 7.36. The first-order chi connectivity index (χ1) is 12.5. The maximum atomic E-state index is 12.0. The third-order valence-corrected chi connectivity index (χ3v) is 4.04. The molecular weight excluding hydrogens is 350 g/mol. The molecule has 1 N–H and O–H groups in total.